The Hall–Kier alpha value is -3.19. The van der Waals surface area contributed by atoms with E-state index >= 15 is 0 Å². The van der Waals surface area contributed by atoms with E-state index in [-0.39, 0.29) is 11.7 Å². The molecule has 0 bridgehead atoms. The molecular formula is C22H23FN4O2. The van der Waals surface area contributed by atoms with Gasteiger partial charge in [0.2, 0.25) is 0 Å². The number of ether oxygens (including phenoxy) is 1. The summed E-state index contributed by atoms with van der Waals surface area (Å²) in [6.45, 7) is 4.39. The number of benzene rings is 2. The summed E-state index contributed by atoms with van der Waals surface area (Å²) in [7, 11) is 0. The van der Waals surface area contributed by atoms with E-state index in [9.17, 15) is 9.18 Å². The van der Waals surface area contributed by atoms with Gasteiger partial charge in [-0.25, -0.2) is 9.07 Å². The van der Waals surface area contributed by atoms with Crippen molar-refractivity contribution >= 4 is 5.91 Å². The highest BCUT2D eigenvalue weighted by molar-refractivity contribution is 5.92. The van der Waals surface area contributed by atoms with Crippen LogP contribution in [0.25, 0.3) is 5.69 Å². The highest BCUT2D eigenvalue weighted by Crippen LogP contribution is 2.12. The van der Waals surface area contributed by atoms with Crippen LogP contribution in [-0.2, 0) is 0 Å². The molecule has 2 aromatic carbocycles. The number of hydrogen-bond acceptors (Lipinski definition) is 4. The van der Waals surface area contributed by atoms with E-state index in [0.717, 1.165) is 25.4 Å². The summed E-state index contributed by atoms with van der Waals surface area (Å²) in [5, 5.41) is 4.36. The molecule has 150 valence electrons. The third kappa shape index (κ3) is 4.81. The third-order valence-corrected chi connectivity index (χ3v) is 4.98. The molecule has 1 aromatic heterocycles. The number of carbonyl (C=O) groups is 1. The van der Waals surface area contributed by atoms with Crippen molar-refractivity contribution in [2.75, 3.05) is 39.3 Å². The zero-order valence-corrected chi connectivity index (χ0v) is 16.1. The zero-order chi connectivity index (χ0) is 20.1. The molecule has 6 nitrogen and oxygen atoms in total. The normalized spacial score (nSPS) is 14.7. The summed E-state index contributed by atoms with van der Waals surface area (Å²) < 4.78 is 20.4. The molecular weight excluding hydrogens is 371 g/mol. The summed E-state index contributed by atoms with van der Waals surface area (Å²) in [6, 6.07) is 17.5. The molecule has 29 heavy (non-hydrogen) atoms. The first-order valence-corrected chi connectivity index (χ1v) is 9.70. The van der Waals surface area contributed by atoms with Crippen molar-refractivity contribution in [1.29, 1.82) is 0 Å². The first-order chi connectivity index (χ1) is 14.2. The second-order valence-corrected chi connectivity index (χ2v) is 6.92. The molecule has 3 aromatic rings. The van der Waals surface area contributed by atoms with Gasteiger partial charge in [0.05, 0.1) is 5.69 Å². The van der Waals surface area contributed by atoms with Gasteiger partial charge in [-0.1, -0.05) is 18.2 Å². The lowest BCUT2D eigenvalue weighted by Crippen LogP contribution is -2.49. The number of carbonyl (C=O) groups excluding carboxylic acids is 1. The van der Waals surface area contributed by atoms with E-state index in [1.807, 2.05) is 35.2 Å². The molecule has 0 aliphatic carbocycles. The number of amides is 1. The van der Waals surface area contributed by atoms with Crippen molar-refractivity contribution in [2.24, 2.45) is 0 Å². The Morgan fingerprint density at radius 1 is 0.966 bits per heavy atom. The summed E-state index contributed by atoms with van der Waals surface area (Å²) in [4.78, 5) is 16.9. The Balaban J connectivity index is 1.26. The lowest BCUT2D eigenvalue weighted by molar-refractivity contribution is 0.0614. The van der Waals surface area contributed by atoms with Gasteiger partial charge < -0.3 is 9.64 Å². The van der Waals surface area contributed by atoms with Gasteiger partial charge in [0.25, 0.3) is 5.91 Å². The van der Waals surface area contributed by atoms with Gasteiger partial charge >= 0.3 is 0 Å². The lowest BCUT2D eigenvalue weighted by atomic mass is 10.3. The fourth-order valence-electron chi connectivity index (χ4n) is 3.32. The van der Waals surface area contributed by atoms with E-state index in [1.54, 1.807) is 29.1 Å². The smallest absolute Gasteiger partial charge is 0.274 e. The average molecular weight is 394 g/mol. The highest BCUT2D eigenvalue weighted by Gasteiger charge is 2.23. The molecule has 0 radical (unpaired) electrons. The lowest BCUT2D eigenvalue weighted by Gasteiger charge is -2.34. The van der Waals surface area contributed by atoms with Gasteiger partial charge in [0.1, 0.15) is 18.2 Å². The standard InChI is InChI=1S/C22H23FN4O2/c23-18-6-8-19(9-7-18)27-11-10-21(24-27)22(28)26-14-12-25(13-15-26)16-17-29-20-4-2-1-3-5-20/h1-11H,12-17H2. The van der Waals surface area contributed by atoms with Crippen LogP contribution in [0.2, 0.25) is 0 Å². The number of halogens is 1. The molecule has 1 aliphatic rings. The topological polar surface area (TPSA) is 50.6 Å². The summed E-state index contributed by atoms with van der Waals surface area (Å²) in [6.07, 6.45) is 1.72. The number of hydrogen-bond donors (Lipinski definition) is 0. The number of nitrogens with zero attached hydrogens (tertiary/aromatic N) is 4. The van der Waals surface area contributed by atoms with E-state index in [2.05, 4.69) is 10.00 Å². The van der Waals surface area contributed by atoms with Crippen LogP contribution in [0.5, 0.6) is 5.75 Å². The minimum Gasteiger partial charge on any atom is -0.492 e. The maximum absolute atomic E-state index is 13.1. The van der Waals surface area contributed by atoms with Crippen molar-refractivity contribution in [3.8, 4) is 11.4 Å². The minimum atomic E-state index is -0.302. The highest BCUT2D eigenvalue weighted by atomic mass is 19.1. The zero-order valence-electron chi connectivity index (χ0n) is 16.1. The molecule has 1 amide bonds. The van der Waals surface area contributed by atoms with E-state index < -0.39 is 0 Å². The van der Waals surface area contributed by atoms with Gasteiger partial charge in [-0.3, -0.25) is 9.69 Å². The Bertz CT molecular complexity index is 935. The first kappa shape index (κ1) is 19.1. The van der Waals surface area contributed by atoms with Crippen LogP contribution in [0.1, 0.15) is 10.5 Å². The molecule has 1 aliphatic heterocycles. The van der Waals surface area contributed by atoms with Crippen LogP contribution in [-0.4, -0.2) is 64.8 Å². The molecule has 7 heteroatoms. The van der Waals surface area contributed by atoms with Gasteiger partial charge in [0.15, 0.2) is 5.69 Å². The van der Waals surface area contributed by atoms with Crippen LogP contribution >= 0.6 is 0 Å². The molecule has 0 spiro atoms. The maximum atomic E-state index is 13.1. The number of piperazine rings is 1. The van der Waals surface area contributed by atoms with Crippen LogP contribution < -0.4 is 4.74 Å². The Kier molecular flexibility index (Phi) is 5.86. The summed E-state index contributed by atoms with van der Waals surface area (Å²) in [5.41, 5.74) is 1.11. The molecule has 0 N–H and O–H groups in total. The average Bonchev–Trinajstić information content (AvgIpc) is 3.25. The van der Waals surface area contributed by atoms with E-state index in [1.165, 1.54) is 12.1 Å². The summed E-state index contributed by atoms with van der Waals surface area (Å²) >= 11 is 0. The Labute approximate surface area is 169 Å². The van der Waals surface area contributed by atoms with Crippen molar-refractivity contribution in [3.05, 3.63) is 78.4 Å². The van der Waals surface area contributed by atoms with Gasteiger partial charge in [-0.05, 0) is 42.5 Å². The van der Waals surface area contributed by atoms with Crippen molar-refractivity contribution in [3.63, 3.8) is 0 Å². The minimum absolute atomic E-state index is 0.0777. The van der Waals surface area contributed by atoms with Crippen LogP contribution in [0.4, 0.5) is 4.39 Å². The predicted octanol–water partition coefficient (Wildman–Crippen LogP) is 2.85. The Morgan fingerprint density at radius 3 is 2.41 bits per heavy atom. The first-order valence-electron chi connectivity index (χ1n) is 9.70. The quantitative estimate of drug-likeness (QED) is 0.645. The third-order valence-electron chi connectivity index (χ3n) is 4.98. The predicted molar refractivity (Wildman–Crippen MR) is 108 cm³/mol. The molecule has 2 heterocycles. The monoisotopic (exact) mass is 394 g/mol. The van der Waals surface area contributed by atoms with E-state index in [0.29, 0.717) is 31.1 Å². The van der Waals surface area contributed by atoms with Crippen molar-refractivity contribution in [2.45, 2.75) is 0 Å². The van der Waals surface area contributed by atoms with Gasteiger partial charge in [0, 0.05) is 38.9 Å². The van der Waals surface area contributed by atoms with Crippen molar-refractivity contribution < 1.29 is 13.9 Å². The molecule has 1 saturated heterocycles. The van der Waals surface area contributed by atoms with Crippen LogP contribution in [0.15, 0.2) is 66.9 Å². The number of rotatable bonds is 6. The second-order valence-electron chi connectivity index (χ2n) is 6.92. The van der Waals surface area contributed by atoms with Crippen molar-refractivity contribution in [1.82, 2.24) is 19.6 Å². The largest absolute Gasteiger partial charge is 0.492 e. The van der Waals surface area contributed by atoms with Crippen LogP contribution in [0, 0.1) is 5.82 Å². The Morgan fingerprint density at radius 2 is 1.69 bits per heavy atom. The van der Waals surface area contributed by atoms with Gasteiger partial charge in [-0.2, -0.15) is 5.10 Å². The van der Waals surface area contributed by atoms with E-state index in [4.69, 9.17) is 4.74 Å². The molecule has 0 saturated carbocycles. The summed E-state index contributed by atoms with van der Waals surface area (Å²) in [5.74, 6) is 0.494. The second kappa shape index (κ2) is 8.87. The van der Waals surface area contributed by atoms with Crippen LogP contribution in [0.3, 0.4) is 0 Å². The SMILES string of the molecule is O=C(c1ccn(-c2ccc(F)cc2)n1)N1CCN(CCOc2ccccc2)CC1. The fraction of sp³-hybridized carbons (Fsp3) is 0.273. The fourth-order valence-corrected chi connectivity index (χ4v) is 3.32. The molecule has 4 rings (SSSR count). The molecule has 0 atom stereocenters. The molecule has 1 fully saturated rings. The number of aromatic nitrogens is 2. The maximum Gasteiger partial charge on any atom is 0.274 e. The molecule has 0 unspecified atom stereocenters. The number of para-hydroxylation sites is 1. The van der Waals surface area contributed by atoms with Gasteiger partial charge in [-0.15, -0.1) is 0 Å².